The Bertz CT molecular complexity index is 501. The summed E-state index contributed by atoms with van der Waals surface area (Å²) in [6.07, 6.45) is -1.99. The van der Waals surface area contributed by atoms with E-state index in [1.54, 1.807) is 0 Å². The van der Waals surface area contributed by atoms with Crippen molar-refractivity contribution in [1.29, 1.82) is 0 Å². The molecule has 1 aliphatic rings. The van der Waals surface area contributed by atoms with Crippen LogP contribution in [0.2, 0.25) is 0 Å². The van der Waals surface area contributed by atoms with Gasteiger partial charge in [-0.3, -0.25) is 4.79 Å². The number of benzene rings is 1. The van der Waals surface area contributed by atoms with Gasteiger partial charge in [-0.05, 0) is 31.0 Å². The van der Waals surface area contributed by atoms with Crippen molar-refractivity contribution in [2.75, 3.05) is 11.5 Å². The van der Waals surface area contributed by atoms with Crippen molar-refractivity contribution in [2.45, 2.75) is 36.4 Å². The third kappa shape index (κ3) is 4.33. The van der Waals surface area contributed by atoms with Gasteiger partial charge in [0, 0.05) is 28.8 Å². The first-order valence-corrected chi connectivity index (χ1v) is 7.23. The molecule has 110 valence electrons. The lowest BCUT2D eigenvalue weighted by Gasteiger charge is -2.10. The number of nitrogens with two attached hydrogens (primary N) is 1. The molecule has 0 spiro atoms. The van der Waals surface area contributed by atoms with E-state index in [4.69, 9.17) is 5.73 Å². The van der Waals surface area contributed by atoms with Gasteiger partial charge in [0.1, 0.15) is 0 Å². The van der Waals surface area contributed by atoms with Gasteiger partial charge < -0.3 is 11.1 Å². The Morgan fingerprint density at radius 2 is 2.10 bits per heavy atom. The van der Waals surface area contributed by atoms with Gasteiger partial charge in [-0.15, -0.1) is 11.8 Å². The molecule has 0 radical (unpaired) electrons. The summed E-state index contributed by atoms with van der Waals surface area (Å²) in [4.78, 5) is 12.0. The number of halogens is 3. The van der Waals surface area contributed by atoms with Crippen LogP contribution >= 0.6 is 11.8 Å². The predicted octanol–water partition coefficient (Wildman–Crippen LogP) is 3.05. The van der Waals surface area contributed by atoms with E-state index in [1.165, 1.54) is 17.8 Å². The van der Waals surface area contributed by atoms with Crippen LogP contribution in [0.5, 0.6) is 0 Å². The zero-order chi connectivity index (χ0) is 14.8. The highest BCUT2D eigenvalue weighted by atomic mass is 32.2. The second kappa shape index (κ2) is 5.95. The number of rotatable bonds is 5. The lowest BCUT2D eigenvalue weighted by Crippen LogP contribution is -2.25. The number of anilines is 1. The van der Waals surface area contributed by atoms with Crippen LogP contribution in [0.25, 0.3) is 0 Å². The van der Waals surface area contributed by atoms with Gasteiger partial charge in [0.25, 0.3) is 0 Å². The SMILES string of the molecule is Nc1cc(C(F)(F)F)ccc1SCCC(=O)NC1CC1. The highest BCUT2D eigenvalue weighted by molar-refractivity contribution is 7.99. The van der Waals surface area contributed by atoms with Crippen molar-refractivity contribution in [1.82, 2.24) is 5.32 Å². The summed E-state index contributed by atoms with van der Waals surface area (Å²) in [6, 6.07) is 3.60. The summed E-state index contributed by atoms with van der Waals surface area (Å²) in [7, 11) is 0. The molecule has 0 aromatic heterocycles. The maximum atomic E-state index is 12.5. The van der Waals surface area contributed by atoms with E-state index in [-0.39, 0.29) is 11.6 Å². The quantitative estimate of drug-likeness (QED) is 0.649. The van der Waals surface area contributed by atoms with Crippen LogP contribution in [0.1, 0.15) is 24.8 Å². The number of carbonyl (C=O) groups is 1. The summed E-state index contributed by atoms with van der Waals surface area (Å²) in [5.41, 5.74) is 4.94. The molecule has 1 saturated carbocycles. The van der Waals surface area contributed by atoms with Crippen LogP contribution in [0.15, 0.2) is 23.1 Å². The molecule has 7 heteroatoms. The Morgan fingerprint density at radius 3 is 2.65 bits per heavy atom. The lowest BCUT2D eigenvalue weighted by atomic mass is 10.2. The van der Waals surface area contributed by atoms with Crippen molar-refractivity contribution < 1.29 is 18.0 Å². The second-order valence-electron chi connectivity index (χ2n) is 4.69. The molecule has 0 aliphatic heterocycles. The minimum absolute atomic E-state index is 0.0227. The van der Waals surface area contributed by atoms with Gasteiger partial charge in [0.2, 0.25) is 5.91 Å². The van der Waals surface area contributed by atoms with Crippen molar-refractivity contribution in [2.24, 2.45) is 0 Å². The Balaban J connectivity index is 1.84. The molecule has 0 atom stereocenters. The Labute approximate surface area is 119 Å². The fourth-order valence-electron chi connectivity index (χ4n) is 1.64. The molecule has 1 aromatic carbocycles. The number of nitrogens with one attached hydrogen (secondary N) is 1. The molecule has 0 saturated heterocycles. The average Bonchev–Trinajstić information content (AvgIpc) is 3.13. The van der Waals surface area contributed by atoms with Crippen LogP contribution in [0, 0.1) is 0 Å². The van der Waals surface area contributed by atoms with E-state index in [9.17, 15) is 18.0 Å². The fourth-order valence-corrected chi connectivity index (χ4v) is 2.53. The molecule has 1 aliphatic carbocycles. The summed E-state index contributed by atoms with van der Waals surface area (Å²) >= 11 is 1.29. The van der Waals surface area contributed by atoms with Crippen LogP contribution in [0.3, 0.4) is 0 Å². The highest BCUT2D eigenvalue weighted by Crippen LogP contribution is 2.34. The average molecular weight is 304 g/mol. The molecule has 1 fully saturated rings. The maximum absolute atomic E-state index is 12.5. The third-order valence-electron chi connectivity index (χ3n) is 2.87. The van der Waals surface area contributed by atoms with Crippen molar-refractivity contribution in [3.63, 3.8) is 0 Å². The fraction of sp³-hybridized carbons (Fsp3) is 0.462. The summed E-state index contributed by atoms with van der Waals surface area (Å²) in [6.45, 7) is 0. The number of amides is 1. The Kier molecular flexibility index (Phi) is 4.47. The lowest BCUT2D eigenvalue weighted by molar-refractivity contribution is -0.137. The molecule has 20 heavy (non-hydrogen) atoms. The zero-order valence-electron chi connectivity index (χ0n) is 10.7. The molecule has 0 unspecified atom stereocenters. The molecule has 0 heterocycles. The van der Waals surface area contributed by atoms with E-state index in [2.05, 4.69) is 5.32 Å². The smallest absolute Gasteiger partial charge is 0.398 e. The normalized spacial score (nSPS) is 15.2. The molecular weight excluding hydrogens is 289 g/mol. The van der Waals surface area contributed by atoms with E-state index in [0.717, 1.165) is 25.0 Å². The first kappa shape index (κ1) is 15.0. The molecule has 1 aromatic rings. The largest absolute Gasteiger partial charge is 0.416 e. The highest BCUT2D eigenvalue weighted by Gasteiger charge is 2.30. The van der Waals surface area contributed by atoms with Crippen molar-refractivity contribution >= 4 is 23.4 Å². The van der Waals surface area contributed by atoms with Gasteiger partial charge in [-0.1, -0.05) is 0 Å². The van der Waals surface area contributed by atoms with Crippen LogP contribution in [0.4, 0.5) is 18.9 Å². The third-order valence-corrected chi connectivity index (χ3v) is 3.96. The minimum atomic E-state index is -4.39. The van der Waals surface area contributed by atoms with Gasteiger partial charge in [0.05, 0.1) is 5.56 Å². The molecule has 2 rings (SSSR count). The summed E-state index contributed by atoms with van der Waals surface area (Å²) in [5.74, 6) is 0.471. The van der Waals surface area contributed by atoms with Gasteiger partial charge in [-0.2, -0.15) is 13.2 Å². The van der Waals surface area contributed by atoms with E-state index >= 15 is 0 Å². The number of thioether (sulfide) groups is 1. The molecular formula is C13H15F3N2OS. The topological polar surface area (TPSA) is 55.1 Å². The van der Waals surface area contributed by atoms with E-state index in [0.29, 0.717) is 23.1 Å². The van der Waals surface area contributed by atoms with Crippen molar-refractivity contribution in [3.8, 4) is 0 Å². The number of hydrogen-bond acceptors (Lipinski definition) is 3. The monoisotopic (exact) mass is 304 g/mol. The van der Waals surface area contributed by atoms with Crippen molar-refractivity contribution in [3.05, 3.63) is 23.8 Å². The summed E-state index contributed by atoms with van der Waals surface area (Å²) < 4.78 is 37.4. The maximum Gasteiger partial charge on any atom is 0.416 e. The molecule has 3 N–H and O–H groups in total. The minimum Gasteiger partial charge on any atom is -0.398 e. The number of carbonyl (C=O) groups excluding carboxylic acids is 1. The Hall–Kier alpha value is -1.37. The number of alkyl halides is 3. The summed E-state index contributed by atoms with van der Waals surface area (Å²) in [5, 5.41) is 2.85. The molecule has 0 bridgehead atoms. The first-order valence-electron chi connectivity index (χ1n) is 6.25. The standard InChI is InChI=1S/C13H15F3N2OS/c14-13(15,16)8-1-4-11(10(17)7-8)20-6-5-12(19)18-9-2-3-9/h1,4,7,9H,2-3,5-6,17H2,(H,18,19). The molecule has 3 nitrogen and oxygen atoms in total. The first-order chi connectivity index (χ1) is 9.36. The predicted molar refractivity (Wildman–Crippen MR) is 72.4 cm³/mol. The van der Waals surface area contributed by atoms with Crippen LogP contribution in [-0.2, 0) is 11.0 Å². The molecule has 1 amide bonds. The number of nitrogen functional groups attached to an aromatic ring is 1. The van der Waals surface area contributed by atoms with Crippen LogP contribution < -0.4 is 11.1 Å². The Morgan fingerprint density at radius 1 is 1.40 bits per heavy atom. The van der Waals surface area contributed by atoms with Gasteiger partial charge >= 0.3 is 6.18 Å². The van der Waals surface area contributed by atoms with Gasteiger partial charge in [0.15, 0.2) is 0 Å². The number of hydrogen-bond donors (Lipinski definition) is 2. The van der Waals surface area contributed by atoms with Gasteiger partial charge in [-0.25, -0.2) is 0 Å². The van der Waals surface area contributed by atoms with E-state index in [1.807, 2.05) is 0 Å². The van der Waals surface area contributed by atoms with E-state index < -0.39 is 11.7 Å². The van der Waals surface area contributed by atoms with Crippen LogP contribution in [-0.4, -0.2) is 17.7 Å². The zero-order valence-corrected chi connectivity index (χ0v) is 11.5. The second-order valence-corrected chi connectivity index (χ2v) is 5.83.